The number of nitrogens with zero attached hydrogens (tertiary/aromatic N) is 1. The fraction of sp³-hybridized carbons (Fsp3) is 0.409. The molecular weight excluding hydrogens is 324 g/mol. The molecule has 1 aliphatic heterocycles. The lowest BCUT2D eigenvalue weighted by Crippen LogP contribution is -2.45. The molecule has 1 aliphatic carbocycles. The van der Waals surface area contributed by atoms with Crippen LogP contribution in [-0.2, 0) is 6.61 Å². The third-order valence-electron chi connectivity index (χ3n) is 5.29. The highest BCUT2D eigenvalue weighted by atomic mass is 16.5. The second-order valence-electron chi connectivity index (χ2n) is 7.31. The van der Waals surface area contributed by atoms with Crippen molar-refractivity contribution in [3.8, 4) is 5.75 Å². The first kappa shape index (κ1) is 17.1. The third-order valence-corrected chi connectivity index (χ3v) is 5.29. The van der Waals surface area contributed by atoms with Gasteiger partial charge in [0, 0.05) is 30.7 Å². The molecule has 0 bridgehead atoms. The molecular formula is C22H26N2O2. The summed E-state index contributed by atoms with van der Waals surface area (Å²) in [6.07, 6.45) is 4.83. The first-order valence-electron chi connectivity index (χ1n) is 9.59. The zero-order valence-corrected chi connectivity index (χ0v) is 15.1. The Bertz CT molecular complexity index is 718. The number of rotatable bonds is 6. The summed E-state index contributed by atoms with van der Waals surface area (Å²) in [4.78, 5) is 15.0. The molecule has 2 aliphatic rings. The summed E-state index contributed by atoms with van der Waals surface area (Å²) >= 11 is 0. The number of amides is 1. The van der Waals surface area contributed by atoms with Gasteiger partial charge in [0.2, 0.25) is 0 Å². The predicted molar refractivity (Wildman–Crippen MR) is 102 cm³/mol. The minimum Gasteiger partial charge on any atom is -0.489 e. The number of carbonyl (C=O) groups excluding carboxylic acids is 1. The molecule has 2 aromatic rings. The van der Waals surface area contributed by atoms with E-state index in [-0.39, 0.29) is 5.91 Å². The smallest absolute Gasteiger partial charge is 0.251 e. The molecule has 2 aromatic carbocycles. The Morgan fingerprint density at radius 1 is 0.962 bits per heavy atom. The van der Waals surface area contributed by atoms with Crippen LogP contribution >= 0.6 is 0 Å². The first-order chi connectivity index (χ1) is 12.8. The lowest BCUT2D eigenvalue weighted by atomic mass is 10.0. The highest BCUT2D eigenvalue weighted by Crippen LogP contribution is 2.29. The zero-order chi connectivity index (χ0) is 17.8. The molecule has 0 aromatic heterocycles. The van der Waals surface area contributed by atoms with Gasteiger partial charge in [0.25, 0.3) is 5.91 Å². The Hall–Kier alpha value is -2.33. The van der Waals surface area contributed by atoms with Crippen molar-refractivity contribution in [3.05, 3.63) is 65.7 Å². The van der Waals surface area contributed by atoms with Crippen LogP contribution in [0.4, 0.5) is 0 Å². The van der Waals surface area contributed by atoms with Crippen molar-refractivity contribution in [3.63, 3.8) is 0 Å². The van der Waals surface area contributed by atoms with E-state index in [4.69, 9.17) is 4.74 Å². The summed E-state index contributed by atoms with van der Waals surface area (Å²) in [6.45, 7) is 2.76. The van der Waals surface area contributed by atoms with Crippen molar-refractivity contribution in [2.24, 2.45) is 0 Å². The zero-order valence-electron chi connectivity index (χ0n) is 15.1. The third kappa shape index (κ3) is 4.44. The highest BCUT2D eigenvalue weighted by molar-refractivity contribution is 5.94. The van der Waals surface area contributed by atoms with Gasteiger partial charge in [0.15, 0.2) is 0 Å². The summed E-state index contributed by atoms with van der Waals surface area (Å²) in [5.74, 6) is 0.799. The Morgan fingerprint density at radius 2 is 1.65 bits per heavy atom. The number of ether oxygens (including phenoxy) is 1. The van der Waals surface area contributed by atoms with Crippen LogP contribution in [0.15, 0.2) is 54.6 Å². The summed E-state index contributed by atoms with van der Waals surface area (Å²) < 4.78 is 5.78. The van der Waals surface area contributed by atoms with Crippen molar-refractivity contribution < 1.29 is 9.53 Å². The fourth-order valence-electron chi connectivity index (χ4n) is 3.56. The van der Waals surface area contributed by atoms with E-state index >= 15 is 0 Å². The van der Waals surface area contributed by atoms with E-state index < -0.39 is 0 Å². The minimum absolute atomic E-state index is 0.0180. The molecule has 4 heteroatoms. The number of carbonyl (C=O) groups is 1. The van der Waals surface area contributed by atoms with Crippen LogP contribution in [0, 0.1) is 0 Å². The normalized spacial score (nSPS) is 18.5. The van der Waals surface area contributed by atoms with Crippen LogP contribution < -0.4 is 10.1 Å². The molecule has 0 atom stereocenters. The molecule has 2 fully saturated rings. The Kier molecular flexibility index (Phi) is 5.21. The maximum absolute atomic E-state index is 12.5. The molecule has 26 heavy (non-hydrogen) atoms. The number of hydrogen-bond donors (Lipinski definition) is 1. The van der Waals surface area contributed by atoms with Crippen LogP contribution in [0.2, 0.25) is 0 Å². The lowest BCUT2D eigenvalue weighted by Gasteiger charge is -2.32. The molecule has 1 amide bonds. The minimum atomic E-state index is 0.0180. The maximum atomic E-state index is 12.5. The highest BCUT2D eigenvalue weighted by Gasteiger charge is 2.32. The standard InChI is InChI=1S/C22H26N2O2/c25-22(23-19-12-14-24(15-13-19)20-8-9-20)18-6-10-21(11-7-18)26-16-17-4-2-1-3-5-17/h1-7,10-11,19-20H,8-9,12-16H2,(H,23,25). The van der Waals surface area contributed by atoms with E-state index in [1.165, 1.54) is 12.8 Å². The second-order valence-corrected chi connectivity index (χ2v) is 7.31. The molecule has 1 heterocycles. The van der Waals surface area contributed by atoms with Crippen LogP contribution in [0.5, 0.6) is 5.75 Å². The van der Waals surface area contributed by atoms with Crippen molar-refractivity contribution in [2.75, 3.05) is 13.1 Å². The number of nitrogens with one attached hydrogen (secondary N) is 1. The van der Waals surface area contributed by atoms with Gasteiger partial charge in [0.1, 0.15) is 12.4 Å². The van der Waals surface area contributed by atoms with Gasteiger partial charge in [-0.2, -0.15) is 0 Å². The van der Waals surface area contributed by atoms with E-state index in [1.54, 1.807) is 0 Å². The topological polar surface area (TPSA) is 41.6 Å². The quantitative estimate of drug-likeness (QED) is 0.865. The van der Waals surface area contributed by atoms with Crippen molar-refractivity contribution in [1.82, 2.24) is 10.2 Å². The fourth-order valence-corrected chi connectivity index (χ4v) is 3.56. The van der Waals surface area contributed by atoms with Gasteiger partial charge in [-0.15, -0.1) is 0 Å². The lowest BCUT2D eigenvalue weighted by molar-refractivity contribution is 0.0909. The summed E-state index contributed by atoms with van der Waals surface area (Å²) in [7, 11) is 0. The molecule has 0 spiro atoms. The summed E-state index contributed by atoms with van der Waals surface area (Å²) in [5.41, 5.74) is 1.83. The number of piperidine rings is 1. The maximum Gasteiger partial charge on any atom is 0.251 e. The average Bonchev–Trinajstić information content (AvgIpc) is 3.53. The van der Waals surface area contributed by atoms with E-state index in [0.717, 1.165) is 43.3 Å². The molecule has 1 saturated heterocycles. The van der Waals surface area contributed by atoms with Crippen molar-refractivity contribution in [1.29, 1.82) is 0 Å². The van der Waals surface area contributed by atoms with Gasteiger partial charge in [-0.1, -0.05) is 30.3 Å². The molecule has 4 rings (SSSR count). The van der Waals surface area contributed by atoms with Gasteiger partial charge in [-0.25, -0.2) is 0 Å². The van der Waals surface area contributed by atoms with E-state index in [2.05, 4.69) is 10.2 Å². The van der Waals surface area contributed by atoms with E-state index in [9.17, 15) is 4.79 Å². The Morgan fingerprint density at radius 3 is 2.31 bits per heavy atom. The van der Waals surface area contributed by atoms with Crippen molar-refractivity contribution in [2.45, 2.75) is 44.4 Å². The van der Waals surface area contributed by atoms with Crippen LogP contribution in [0.1, 0.15) is 41.6 Å². The number of likely N-dealkylation sites (tertiary alicyclic amines) is 1. The van der Waals surface area contributed by atoms with Gasteiger partial charge >= 0.3 is 0 Å². The molecule has 0 unspecified atom stereocenters. The van der Waals surface area contributed by atoms with Gasteiger partial charge < -0.3 is 15.0 Å². The summed E-state index contributed by atoms with van der Waals surface area (Å²) in [6, 6.07) is 18.6. The van der Waals surface area contributed by atoms with Gasteiger partial charge in [0.05, 0.1) is 0 Å². The van der Waals surface area contributed by atoms with Crippen LogP contribution in [0.25, 0.3) is 0 Å². The van der Waals surface area contributed by atoms with Crippen LogP contribution in [0.3, 0.4) is 0 Å². The number of hydrogen-bond acceptors (Lipinski definition) is 3. The molecule has 4 nitrogen and oxygen atoms in total. The Balaban J connectivity index is 1.25. The van der Waals surface area contributed by atoms with Gasteiger partial charge in [-0.3, -0.25) is 4.79 Å². The molecule has 1 saturated carbocycles. The molecule has 1 N–H and O–H groups in total. The number of benzene rings is 2. The summed E-state index contributed by atoms with van der Waals surface area (Å²) in [5, 5.41) is 3.19. The average molecular weight is 350 g/mol. The Labute approximate surface area is 155 Å². The van der Waals surface area contributed by atoms with E-state index in [0.29, 0.717) is 18.2 Å². The SMILES string of the molecule is O=C(NC1CCN(C2CC2)CC1)c1ccc(OCc2ccccc2)cc1. The van der Waals surface area contributed by atoms with Crippen molar-refractivity contribution >= 4 is 5.91 Å². The largest absolute Gasteiger partial charge is 0.489 e. The van der Waals surface area contributed by atoms with E-state index in [1.807, 2.05) is 54.6 Å². The van der Waals surface area contributed by atoms with Gasteiger partial charge in [-0.05, 0) is 55.5 Å². The monoisotopic (exact) mass is 350 g/mol. The molecule has 136 valence electrons. The molecule has 0 radical (unpaired) electrons. The first-order valence-corrected chi connectivity index (χ1v) is 9.59. The van der Waals surface area contributed by atoms with Crippen LogP contribution in [-0.4, -0.2) is 36.0 Å². The second kappa shape index (κ2) is 7.92. The predicted octanol–water partition coefficient (Wildman–Crippen LogP) is 3.62.